The largest absolute Gasteiger partial charge is 0.389 e. The predicted molar refractivity (Wildman–Crippen MR) is 124 cm³/mol. The van der Waals surface area contributed by atoms with Gasteiger partial charge in [0.05, 0.1) is 0 Å². The molecule has 0 saturated heterocycles. The van der Waals surface area contributed by atoms with Crippen molar-refractivity contribution in [1.29, 1.82) is 0 Å². The van der Waals surface area contributed by atoms with Crippen LogP contribution in [-0.4, -0.2) is 29.4 Å². The molecule has 8 heteroatoms. The van der Waals surface area contributed by atoms with E-state index in [1.54, 1.807) is 18.2 Å². The first-order valence-corrected chi connectivity index (χ1v) is 11.2. The lowest BCUT2D eigenvalue weighted by Gasteiger charge is -2.26. The lowest BCUT2D eigenvalue weighted by Crippen LogP contribution is -2.39. The Morgan fingerprint density at radius 2 is 1.68 bits per heavy atom. The maximum atomic E-state index is 13.3. The van der Waals surface area contributed by atoms with Crippen molar-refractivity contribution in [3.8, 4) is 11.1 Å². The minimum absolute atomic E-state index is 0.145. The van der Waals surface area contributed by atoms with Gasteiger partial charge in [-0.15, -0.1) is 0 Å². The Bertz CT molecular complexity index is 1200. The number of alkyl halides is 3. The molecular weight excluding hydrogens is 465 g/mol. The van der Waals surface area contributed by atoms with Crippen molar-refractivity contribution in [3.63, 3.8) is 0 Å². The minimum atomic E-state index is -4.29. The number of nitrogens with zero attached hydrogens (tertiary/aromatic N) is 1. The van der Waals surface area contributed by atoms with Gasteiger partial charge in [-0.3, -0.25) is 9.59 Å². The van der Waals surface area contributed by atoms with Gasteiger partial charge in [-0.25, -0.2) is 0 Å². The molecule has 176 valence electrons. The van der Waals surface area contributed by atoms with E-state index in [2.05, 4.69) is 5.32 Å². The van der Waals surface area contributed by atoms with Crippen LogP contribution in [0.1, 0.15) is 40.4 Å². The molecule has 1 N–H and O–H groups in total. The molecule has 0 spiro atoms. The quantitative estimate of drug-likeness (QED) is 0.406. The second kappa shape index (κ2) is 9.89. The number of nitrogens with one attached hydrogen (secondary N) is 1. The van der Waals surface area contributed by atoms with E-state index >= 15 is 0 Å². The molecule has 0 saturated carbocycles. The van der Waals surface area contributed by atoms with Crippen LogP contribution in [0.25, 0.3) is 11.1 Å². The van der Waals surface area contributed by atoms with Gasteiger partial charge in [-0.1, -0.05) is 66.2 Å². The van der Waals surface area contributed by atoms with Crippen LogP contribution < -0.4 is 5.32 Å². The van der Waals surface area contributed by atoms with E-state index in [1.165, 1.54) is 4.90 Å². The van der Waals surface area contributed by atoms with Gasteiger partial charge in [0.15, 0.2) is 0 Å². The van der Waals surface area contributed by atoms with E-state index in [0.717, 1.165) is 16.7 Å². The highest BCUT2D eigenvalue weighted by atomic mass is 35.5. The molecule has 1 atom stereocenters. The van der Waals surface area contributed by atoms with Gasteiger partial charge < -0.3 is 10.2 Å². The molecule has 4 nitrogen and oxygen atoms in total. The first-order valence-electron chi connectivity index (χ1n) is 10.8. The molecule has 1 unspecified atom stereocenters. The van der Waals surface area contributed by atoms with E-state index in [4.69, 9.17) is 11.6 Å². The summed E-state index contributed by atoms with van der Waals surface area (Å²) < 4.78 is 37.4. The molecule has 0 fully saturated rings. The zero-order chi connectivity index (χ0) is 24.3. The third kappa shape index (κ3) is 5.25. The molecule has 3 aromatic rings. The molecule has 34 heavy (non-hydrogen) atoms. The molecule has 4 rings (SSSR count). The number of amides is 2. The van der Waals surface area contributed by atoms with Crippen molar-refractivity contribution >= 4 is 23.4 Å². The zero-order valence-corrected chi connectivity index (χ0v) is 18.9. The first-order chi connectivity index (χ1) is 16.2. The lowest BCUT2D eigenvalue weighted by molar-refractivity contribution is -0.136. The molecule has 1 aliphatic heterocycles. The maximum absolute atomic E-state index is 13.3. The summed E-state index contributed by atoms with van der Waals surface area (Å²) in [5, 5.41) is 2.93. The number of halogens is 4. The highest BCUT2D eigenvalue weighted by Gasteiger charge is 2.41. The highest BCUT2D eigenvalue weighted by Crippen LogP contribution is 2.38. The Morgan fingerprint density at radius 1 is 0.971 bits per heavy atom. The van der Waals surface area contributed by atoms with Crippen LogP contribution in [0.2, 0.25) is 5.02 Å². The average Bonchev–Trinajstić information content (AvgIpc) is 3.07. The van der Waals surface area contributed by atoms with Crippen molar-refractivity contribution in [2.45, 2.75) is 31.6 Å². The van der Waals surface area contributed by atoms with E-state index < -0.39 is 24.5 Å². The summed E-state index contributed by atoms with van der Waals surface area (Å²) in [6, 6.07) is 21.0. The predicted octanol–water partition coefficient (Wildman–Crippen LogP) is 6.16. The zero-order valence-electron chi connectivity index (χ0n) is 18.1. The average molecular weight is 487 g/mol. The smallest absolute Gasteiger partial charge is 0.354 e. The van der Waals surface area contributed by atoms with Crippen molar-refractivity contribution in [2.24, 2.45) is 0 Å². The summed E-state index contributed by atoms with van der Waals surface area (Å²) in [5.41, 5.74) is 3.54. The van der Waals surface area contributed by atoms with Crippen molar-refractivity contribution in [3.05, 3.63) is 94.5 Å². The summed E-state index contributed by atoms with van der Waals surface area (Å²) in [4.78, 5) is 27.9. The molecule has 0 aliphatic carbocycles. The van der Waals surface area contributed by atoms with Gasteiger partial charge in [0.25, 0.3) is 5.91 Å². The normalized spacial score (nSPS) is 15.4. The number of carbonyl (C=O) groups excluding carboxylic acids is 2. The Labute approximate surface area is 200 Å². The lowest BCUT2D eigenvalue weighted by atomic mass is 9.99. The molecule has 1 aliphatic rings. The summed E-state index contributed by atoms with van der Waals surface area (Å²) in [6.45, 7) is 0.00418. The number of benzene rings is 3. The second-order valence-electron chi connectivity index (χ2n) is 8.10. The van der Waals surface area contributed by atoms with Crippen molar-refractivity contribution in [2.75, 3.05) is 6.54 Å². The summed E-state index contributed by atoms with van der Waals surface area (Å²) in [5.74, 6) is -0.862. The van der Waals surface area contributed by atoms with Crippen LogP contribution in [0.5, 0.6) is 0 Å². The van der Waals surface area contributed by atoms with Gasteiger partial charge in [0, 0.05) is 30.1 Å². The van der Waals surface area contributed by atoms with Crippen molar-refractivity contribution < 1.29 is 22.8 Å². The van der Waals surface area contributed by atoms with Crippen LogP contribution in [0.15, 0.2) is 72.8 Å². The van der Waals surface area contributed by atoms with Gasteiger partial charge in [0.1, 0.15) is 6.04 Å². The third-order valence-corrected chi connectivity index (χ3v) is 5.97. The highest BCUT2D eigenvalue weighted by molar-refractivity contribution is 6.31. The Kier molecular flexibility index (Phi) is 6.93. The first kappa shape index (κ1) is 23.8. The maximum Gasteiger partial charge on any atom is 0.389 e. The number of hydrogen-bond acceptors (Lipinski definition) is 2. The molecule has 0 bridgehead atoms. The number of rotatable bonds is 7. The third-order valence-electron chi connectivity index (χ3n) is 5.74. The fourth-order valence-corrected chi connectivity index (χ4v) is 4.36. The number of carbonyl (C=O) groups is 2. The molecule has 1 heterocycles. The van der Waals surface area contributed by atoms with Gasteiger partial charge >= 0.3 is 6.18 Å². The summed E-state index contributed by atoms with van der Waals surface area (Å²) >= 11 is 6.14. The van der Waals surface area contributed by atoms with Crippen LogP contribution in [0, 0.1) is 0 Å². The monoisotopic (exact) mass is 486 g/mol. The Hall–Kier alpha value is -3.32. The van der Waals surface area contributed by atoms with Gasteiger partial charge in [0.2, 0.25) is 5.91 Å². The second-order valence-corrected chi connectivity index (χ2v) is 8.54. The minimum Gasteiger partial charge on any atom is -0.354 e. The molecule has 3 aromatic carbocycles. The van der Waals surface area contributed by atoms with Crippen molar-refractivity contribution in [1.82, 2.24) is 10.2 Å². The molecule has 2 amide bonds. The standard InChI is InChI=1S/C26H22ClF3N2O2/c27-19-11-12-21-22(15-19)23(24(33)31-14-6-13-26(28,29)30)32(25(21)34)16-18-9-4-5-10-20(18)17-7-2-1-3-8-17/h1-5,7-12,15,23H,6,13-14,16H2,(H,31,33). The summed E-state index contributed by atoms with van der Waals surface area (Å²) in [7, 11) is 0. The van der Waals surface area contributed by atoms with Crippen LogP contribution in [0.4, 0.5) is 13.2 Å². The van der Waals surface area contributed by atoms with E-state index in [0.29, 0.717) is 16.1 Å². The fraction of sp³-hybridized carbons (Fsp3) is 0.231. The van der Waals surface area contributed by atoms with E-state index in [1.807, 2.05) is 54.6 Å². The van der Waals surface area contributed by atoms with Gasteiger partial charge in [-0.05, 0) is 46.9 Å². The molecule has 0 aromatic heterocycles. The van der Waals surface area contributed by atoms with Crippen LogP contribution >= 0.6 is 11.6 Å². The topological polar surface area (TPSA) is 49.4 Å². The van der Waals surface area contributed by atoms with Crippen LogP contribution in [-0.2, 0) is 11.3 Å². The van der Waals surface area contributed by atoms with Crippen LogP contribution in [0.3, 0.4) is 0 Å². The SMILES string of the molecule is O=C(NCCCC(F)(F)F)C1c2cc(Cl)ccc2C(=O)N1Cc1ccccc1-c1ccccc1. The summed E-state index contributed by atoms with van der Waals surface area (Å²) in [6.07, 6.45) is -5.52. The van der Waals surface area contributed by atoms with Gasteiger partial charge in [-0.2, -0.15) is 13.2 Å². The molecular formula is C26H22ClF3N2O2. The molecule has 0 radical (unpaired) electrons. The van der Waals surface area contributed by atoms with E-state index in [-0.39, 0.29) is 25.4 Å². The number of hydrogen-bond donors (Lipinski definition) is 1. The Morgan fingerprint density at radius 3 is 2.41 bits per heavy atom. The van der Waals surface area contributed by atoms with E-state index in [9.17, 15) is 22.8 Å². The Balaban J connectivity index is 1.62. The number of fused-ring (bicyclic) bond motifs is 1. The fourth-order valence-electron chi connectivity index (χ4n) is 4.18.